The van der Waals surface area contributed by atoms with E-state index in [4.69, 9.17) is 22.7 Å². The van der Waals surface area contributed by atoms with Crippen LogP contribution in [0.15, 0.2) is 18.3 Å². The van der Waals surface area contributed by atoms with Crippen molar-refractivity contribution < 1.29 is 4.74 Å². The molecule has 0 fully saturated rings. The van der Waals surface area contributed by atoms with Crippen LogP contribution in [0.1, 0.15) is 32.9 Å². The summed E-state index contributed by atoms with van der Waals surface area (Å²) in [6, 6.07) is 3.60. The molecule has 0 aromatic carbocycles. The largest absolute Gasteiger partial charge is 0.491 e. The third kappa shape index (κ3) is 4.14. The fourth-order valence-electron chi connectivity index (χ4n) is 1.56. The zero-order valence-corrected chi connectivity index (χ0v) is 10.8. The topological polar surface area (TPSA) is 48.1 Å². The van der Waals surface area contributed by atoms with E-state index in [2.05, 4.69) is 25.8 Å². The lowest BCUT2D eigenvalue weighted by Crippen LogP contribution is -2.16. The maximum absolute atomic E-state index is 5.76. The van der Waals surface area contributed by atoms with E-state index in [-0.39, 0.29) is 6.10 Å². The monoisotopic (exact) mass is 238 g/mol. The van der Waals surface area contributed by atoms with Gasteiger partial charge in [0.25, 0.3) is 0 Å². The molecule has 0 aliphatic rings. The Hall–Kier alpha value is -1.16. The van der Waals surface area contributed by atoms with Crippen LogP contribution in [0.5, 0.6) is 5.75 Å². The van der Waals surface area contributed by atoms with E-state index >= 15 is 0 Å². The van der Waals surface area contributed by atoms with E-state index in [0.29, 0.717) is 16.6 Å². The molecule has 2 N–H and O–H groups in total. The lowest BCUT2D eigenvalue weighted by atomic mass is 10.1. The van der Waals surface area contributed by atoms with Crippen LogP contribution in [-0.2, 0) is 0 Å². The van der Waals surface area contributed by atoms with Crippen LogP contribution in [0.25, 0.3) is 0 Å². The van der Waals surface area contributed by atoms with Crippen LogP contribution in [0.4, 0.5) is 0 Å². The Balaban J connectivity index is 2.66. The van der Waals surface area contributed by atoms with Crippen molar-refractivity contribution in [1.82, 2.24) is 4.98 Å². The second-order valence-electron chi connectivity index (χ2n) is 4.30. The number of nitrogens with zero attached hydrogens (tertiary/aromatic N) is 1. The first-order chi connectivity index (χ1) is 7.49. The summed E-state index contributed by atoms with van der Waals surface area (Å²) in [5.74, 6) is 1.39. The molecule has 0 aliphatic heterocycles. The van der Waals surface area contributed by atoms with E-state index in [1.807, 2.05) is 6.07 Å². The molecule has 0 saturated carbocycles. The Morgan fingerprint density at radius 2 is 2.19 bits per heavy atom. The number of hydrogen-bond donors (Lipinski definition) is 1. The number of nitrogens with two attached hydrogens (primary N) is 1. The molecule has 0 radical (unpaired) electrons. The third-order valence-electron chi connectivity index (χ3n) is 2.12. The Morgan fingerprint density at radius 3 is 2.75 bits per heavy atom. The Labute approximate surface area is 102 Å². The first-order valence-electron chi connectivity index (χ1n) is 5.41. The van der Waals surface area contributed by atoms with Crippen LogP contribution < -0.4 is 10.5 Å². The number of pyridine rings is 1. The Morgan fingerprint density at radius 1 is 1.50 bits per heavy atom. The zero-order valence-electron chi connectivity index (χ0n) is 9.93. The number of ether oxygens (including phenoxy) is 1. The van der Waals surface area contributed by atoms with Crippen LogP contribution in [0.3, 0.4) is 0 Å². The number of rotatable bonds is 5. The van der Waals surface area contributed by atoms with Crippen molar-refractivity contribution >= 4 is 17.2 Å². The molecule has 1 aromatic rings. The van der Waals surface area contributed by atoms with Crippen molar-refractivity contribution in [2.45, 2.75) is 33.3 Å². The summed E-state index contributed by atoms with van der Waals surface area (Å²) < 4.78 is 5.76. The SMILES string of the molecule is CC(C)CC(C)Oc1ccnc(C(N)=S)c1. The molecule has 88 valence electrons. The van der Waals surface area contributed by atoms with Crippen molar-refractivity contribution in [3.05, 3.63) is 24.0 Å². The van der Waals surface area contributed by atoms with Crippen molar-refractivity contribution in [2.75, 3.05) is 0 Å². The predicted octanol–water partition coefficient (Wildman–Crippen LogP) is 2.53. The van der Waals surface area contributed by atoms with Crippen LogP contribution in [0.2, 0.25) is 0 Å². The molecule has 0 aliphatic carbocycles. The van der Waals surface area contributed by atoms with Gasteiger partial charge in [0, 0.05) is 12.3 Å². The standard InChI is InChI=1S/C12H18N2OS/c1-8(2)6-9(3)15-10-4-5-14-11(7-10)12(13)16/h4-5,7-9H,6H2,1-3H3,(H2,13,16). The van der Waals surface area contributed by atoms with Gasteiger partial charge in [0.2, 0.25) is 0 Å². The van der Waals surface area contributed by atoms with Gasteiger partial charge in [0.05, 0.1) is 6.10 Å². The van der Waals surface area contributed by atoms with Gasteiger partial charge in [0.1, 0.15) is 16.4 Å². The van der Waals surface area contributed by atoms with Crippen molar-refractivity contribution in [1.29, 1.82) is 0 Å². The molecule has 0 amide bonds. The van der Waals surface area contributed by atoms with Gasteiger partial charge in [-0.05, 0) is 25.3 Å². The molecule has 4 heteroatoms. The molecule has 1 rings (SSSR count). The number of hydrogen-bond acceptors (Lipinski definition) is 3. The van der Waals surface area contributed by atoms with Gasteiger partial charge in [-0.25, -0.2) is 0 Å². The highest BCUT2D eigenvalue weighted by molar-refractivity contribution is 7.80. The van der Waals surface area contributed by atoms with Crippen LogP contribution in [0, 0.1) is 5.92 Å². The fraction of sp³-hybridized carbons (Fsp3) is 0.500. The molecule has 1 aromatic heterocycles. The highest BCUT2D eigenvalue weighted by Gasteiger charge is 2.07. The van der Waals surface area contributed by atoms with Gasteiger partial charge in [0.15, 0.2) is 0 Å². The molecule has 0 saturated heterocycles. The minimum absolute atomic E-state index is 0.182. The average molecular weight is 238 g/mol. The maximum atomic E-state index is 5.76. The normalized spacial score (nSPS) is 12.5. The lowest BCUT2D eigenvalue weighted by molar-refractivity contribution is 0.193. The Kier molecular flexibility index (Phi) is 4.68. The van der Waals surface area contributed by atoms with Gasteiger partial charge >= 0.3 is 0 Å². The molecule has 1 unspecified atom stereocenters. The van der Waals surface area contributed by atoms with Crippen molar-refractivity contribution in [3.63, 3.8) is 0 Å². The molecule has 0 bridgehead atoms. The average Bonchev–Trinajstić information content (AvgIpc) is 2.16. The summed E-state index contributed by atoms with van der Waals surface area (Å²) in [5, 5.41) is 0. The molecule has 1 heterocycles. The third-order valence-corrected chi connectivity index (χ3v) is 2.33. The van der Waals surface area contributed by atoms with Gasteiger partial charge in [-0.15, -0.1) is 0 Å². The zero-order chi connectivity index (χ0) is 12.1. The highest BCUT2D eigenvalue weighted by atomic mass is 32.1. The van der Waals surface area contributed by atoms with Gasteiger partial charge in [-0.3, -0.25) is 4.98 Å². The molecule has 16 heavy (non-hydrogen) atoms. The van der Waals surface area contributed by atoms with E-state index in [1.165, 1.54) is 0 Å². The smallest absolute Gasteiger partial charge is 0.123 e. The first-order valence-corrected chi connectivity index (χ1v) is 5.82. The Bertz CT molecular complexity index is 366. The van der Waals surface area contributed by atoms with Crippen LogP contribution in [-0.4, -0.2) is 16.1 Å². The van der Waals surface area contributed by atoms with Gasteiger partial charge in [-0.2, -0.15) is 0 Å². The van der Waals surface area contributed by atoms with Gasteiger partial charge < -0.3 is 10.5 Å². The quantitative estimate of drug-likeness (QED) is 0.801. The summed E-state index contributed by atoms with van der Waals surface area (Å²) >= 11 is 4.86. The van der Waals surface area contributed by atoms with E-state index < -0.39 is 0 Å². The first kappa shape index (κ1) is 12.9. The van der Waals surface area contributed by atoms with Gasteiger partial charge in [-0.1, -0.05) is 26.1 Å². The predicted molar refractivity (Wildman–Crippen MR) is 69.7 cm³/mol. The minimum Gasteiger partial charge on any atom is -0.491 e. The second kappa shape index (κ2) is 5.80. The molecular formula is C12H18N2OS. The van der Waals surface area contributed by atoms with Crippen molar-refractivity contribution in [3.8, 4) is 5.75 Å². The molecular weight excluding hydrogens is 220 g/mol. The van der Waals surface area contributed by atoms with Crippen LogP contribution >= 0.6 is 12.2 Å². The summed E-state index contributed by atoms with van der Waals surface area (Å²) in [4.78, 5) is 4.35. The van der Waals surface area contributed by atoms with E-state index in [1.54, 1.807) is 12.3 Å². The molecule has 3 nitrogen and oxygen atoms in total. The van der Waals surface area contributed by atoms with Crippen molar-refractivity contribution in [2.24, 2.45) is 11.7 Å². The summed E-state index contributed by atoms with van der Waals surface area (Å²) in [6.07, 6.45) is 2.86. The highest BCUT2D eigenvalue weighted by Crippen LogP contribution is 2.16. The molecule has 1 atom stereocenters. The minimum atomic E-state index is 0.182. The summed E-state index contributed by atoms with van der Waals surface area (Å²) in [5.41, 5.74) is 6.11. The van der Waals surface area contributed by atoms with E-state index in [9.17, 15) is 0 Å². The second-order valence-corrected chi connectivity index (χ2v) is 4.74. The molecule has 0 spiro atoms. The lowest BCUT2D eigenvalue weighted by Gasteiger charge is -2.16. The van der Waals surface area contributed by atoms with E-state index in [0.717, 1.165) is 12.2 Å². The summed E-state index contributed by atoms with van der Waals surface area (Å²) in [6.45, 7) is 6.40. The summed E-state index contributed by atoms with van der Waals surface area (Å²) in [7, 11) is 0. The number of thiocarbonyl (C=S) groups is 1. The number of aromatic nitrogens is 1. The maximum Gasteiger partial charge on any atom is 0.123 e. The fourth-order valence-corrected chi connectivity index (χ4v) is 1.68.